The zero-order chi connectivity index (χ0) is 14.7. The van der Waals surface area contributed by atoms with Crippen molar-refractivity contribution in [3.63, 3.8) is 0 Å². The molecule has 4 heteroatoms. The number of likely N-dealkylation sites (tertiary alicyclic amines) is 1. The molecule has 1 aromatic heterocycles. The van der Waals surface area contributed by atoms with Crippen molar-refractivity contribution in [1.82, 2.24) is 9.88 Å². The van der Waals surface area contributed by atoms with Crippen LogP contribution in [0.15, 0.2) is 42.7 Å². The van der Waals surface area contributed by atoms with Crippen LogP contribution in [0.2, 0.25) is 0 Å². The third kappa shape index (κ3) is 3.46. The van der Waals surface area contributed by atoms with Crippen molar-refractivity contribution in [3.8, 4) is 11.1 Å². The highest BCUT2D eigenvalue weighted by atomic mass is 19.1. The van der Waals surface area contributed by atoms with E-state index in [-0.39, 0.29) is 11.9 Å². The van der Waals surface area contributed by atoms with Gasteiger partial charge in [0, 0.05) is 31.0 Å². The molecule has 2 heterocycles. The average Bonchev–Trinajstić information content (AvgIpc) is 2.50. The third-order valence-electron chi connectivity index (χ3n) is 3.94. The Balaban J connectivity index is 1.75. The van der Waals surface area contributed by atoms with Crippen LogP contribution in [0.3, 0.4) is 0 Å². The summed E-state index contributed by atoms with van der Waals surface area (Å²) in [5.41, 5.74) is 2.50. The van der Waals surface area contributed by atoms with Crippen molar-refractivity contribution in [2.75, 3.05) is 13.1 Å². The van der Waals surface area contributed by atoms with E-state index in [0.717, 1.165) is 30.5 Å². The topological polar surface area (TPSA) is 36.4 Å². The van der Waals surface area contributed by atoms with Gasteiger partial charge in [0.2, 0.25) is 0 Å². The number of aliphatic hydroxyl groups is 1. The molecule has 1 fully saturated rings. The molecule has 0 radical (unpaired) electrons. The van der Waals surface area contributed by atoms with E-state index in [0.29, 0.717) is 18.7 Å². The van der Waals surface area contributed by atoms with E-state index in [1.165, 1.54) is 0 Å². The van der Waals surface area contributed by atoms with Gasteiger partial charge in [-0.3, -0.25) is 9.88 Å². The van der Waals surface area contributed by atoms with Gasteiger partial charge in [0.05, 0.1) is 6.10 Å². The first-order valence-electron chi connectivity index (χ1n) is 7.31. The molecular weight excluding hydrogens is 267 g/mol. The minimum Gasteiger partial charge on any atom is -0.392 e. The number of hydrogen-bond donors (Lipinski definition) is 1. The highest BCUT2D eigenvalue weighted by Crippen LogP contribution is 2.23. The first-order valence-corrected chi connectivity index (χ1v) is 7.31. The van der Waals surface area contributed by atoms with E-state index in [9.17, 15) is 9.50 Å². The number of benzene rings is 1. The second-order valence-corrected chi connectivity index (χ2v) is 5.57. The molecule has 3 rings (SSSR count). The number of rotatable bonds is 3. The molecule has 1 unspecified atom stereocenters. The van der Waals surface area contributed by atoms with Crippen LogP contribution in [0.5, 0.6) is 0 Å². The molecule has 1 N–H and O–H groups in total. The number of pyridine rings is 1. The van der Waals surface area contributed by atoms with Crippen molar-refractivity contribution < 1.29 is 9.50 Å². The van der Waals surface area contributed by atoms with Crippen molar-refractivity contribution in [2.24, 2.45) is 0 Å². The Morgan fingerprint density at radius 3 is 2.71 bits per heavy atom. The summed E-state index contributed by atoms with van der Waals surface area (Å²) in [6, 6.07) is 9.09. The number of aromatic nitrogens is 1. The largest absolute Gasteiger partial charge is 0.392 e. The molecule has 0 bridgehead atoms. The van der Waals surface area contributed by atoms with Gasteiger partial charge < -0.3 is 5.11 Å². The maximum Gasteiger partial charge on any atom is 0.128 e. The molecule has 1 atom stereocenters. The molecule has 1 aliphatic rings. The molecule has 21 heavy (non-hydrogen) atoms. The van der Waals surface area contributed by atoms with Gasteiger partial charge in [-0.2, -0.15) is 0 Å². The summed E-state index contributed by atoms with van der Waals surface area (Å²) in [5.74, 6) is -0.190. The summed E-state index contributed by atoms with van der Waals surface area (Å²) in [6.07, 6.45) is 4.95. The van der Waals surface area contributed by atoms with E-state index >= 15 is 0 Å². The summed E-state index contributed by atoms with van der Waals surface area (Å²) < 4.78 is 14.3. The SMILES string of the molecule is OC1CCCN(Cc2ccc(-c3ccncc3)cc2F)C1. The van der Waals surface area contributed by atoms with E-state index in [2.05, 4.69) is 9.88 Å². The molecule has 3 nitrogen and oxygen atoms in total. The van der Waals surface area contributed by atoms with Crippen molar-refractivity contribution >= 4 is 0 Å². The van der Waals surface area contributed by atoms with Crippen molar-refractivity contribution in [2.45, 2.75) is 25.5 Å². The first-order chi connectivity index (χ1) is 10.2. The van der Waals surface area contributed by atoms with Crippen LogP contribution in [0.4, 0.5) is 4.39 Å². The van der Waals surface area contributed by atoms with Crippen LogP contribution >= 0.6 is 0 Å². The van der Waals surface area contributed by atoms with Crippen molar-refractivity contribution in [3.05, 3.63) is 54.1 Å². The maximum absolute atomic E-state index is 14.3. The van der Waals surface area contributed by atoms with E-state index < -0.39 is 0 Å². The lowest BCUT2D eigenvalue weighted by atomic mass is 10.0. The predicted molar refractivity (Wildman–Crippen MR) is 80.1 cm³/mol. The third-order valence-corrected chi connectivity index (χ3v) is 3.94. The summed E-state index contributed by atoms with van der Waals surface area (Å²) in [6.45, 7) is 2.10. The van der Waals surface area contributed by atoms with Gasteiger partial charge in [-0.1, -0.05) is 12.1 Å². The predicted octanol–water partition coefficient (Wildman–Crippen LogP) is 2.84. The van der Waals surface area contributed by atoms with E-state index in [4.69, 9.17) is 0 Å². The molecular formula is C17H19FN2O. The molecule has 0 saturated carbocycles. The monoisotopic (exact) mass is 286 g/mol. The first kappa shape index (κ1) is 14.2. The molecule has 0 aliphatic carbocycles. The smallest absolute Gasteiger partial charge is 0.128 e. The molecule has 1 aromatic carbocycles. The molecule has 110 valence electrons. The Morgan fingerprint density at radius 2 is 2.00 bits per heavy atom. The van der Waals surface area contributed by atoms with E-state index in [1.807, 2.05) is 24.3 Å². The minimum absolute atomic E-state index is 0.190. The number of nitrogens with zero attached hydrogens (tertiary/aromatic N) is 2. The summed E-state index contributed by atoms with van der Waals surface area (Å²) in [5, 5.41) is 9.68. The Morgan fingerprint density at radius 1 is 1.19 bits per heavy atom. The van der Waals surface area contributed by atoms with Crippen LogP contribution in [0.1, 0.15) is 18.4 Å². The minimum atomic E-state index is -0.280. The fourth-order valence-electron chi connectivity index (χ4n) is 2.82. The number of halogens is 1. The Kier molecular flexibility index (Phi) is 4.27. The van der Waals surface area contributed by atoms with Gasteiger partial charge in [0.25, 0.3) is 0 Å². The number of β-amino-alcohol motifs (C(OH)–C–C–N with tert-alkyl or cyclic N) is 1. The summed E-state index contributed by atoms with van der Waals surface area (Å²) >= 11 is 0. The van der Waals surface area contributed by atoms with Crippen LogP contribution in [0.25, 0.3) is 11.1 Å². The van der Waals surface area contributed by atoms with Gasteiger partial charge in [-0.15, -0.1) is 0 Å². The van der Waals surface area contributed by atoms with Crippen LogP contribution < -0.4 is 0 Å². The zero-order valence-corrected chi connectivity index (χ0v) is 11.9. The zero-order valence-electron chi connectivity index (χ0n) is 11.9. The van der Waals surface area contributed by atoms with Gasteiger partial charge >= 0.3 is 0 Å². The lowest BCUT2D eigenvalue weighted by Crippen LogP contribution is -2.37. The van der Waals surface area contributed by atoms with Gasteiger partial charge in [-0.05, 0) is 48.7 Å². The van der Waals surface area contributed by atoms with E-state index in [1.54, 1.807) is 18.5 Å². The second-order valence-electron chi connectivity index (χ2n) is 5.57. The lowest BCUT2D eigenvalue weighted by Gasteiger charge is -2.30. The molecule has 1 aliphatic heterocycles. The Bertz CT molecular complexity index is 603. The average molecular weight is 286 g/mol. The number of aliphatic hydroxyl groups excluding tert-OH is 1. The number of piperidine rings is 1. The van der Waals surface area contributed by atoms with Crippen LogP contribution in [0, 0.1) is 5.82 Å². The molecule has 2 aromatic rings. The normalized spacial score (nSPS) is 19.6. The quantitative estimate of drug-likeness (QED) is 0.942. The maximum atomic E-state index is 14.3. The van der Waals surface area contributed by atoms with Crippen LogP contribution in [-0.2, 0) is 6.54 Å². The molecule has 0 amide bonds. The van der Waals surface area contributed by atoms with Crippen LogP contribution in [-0.4, -0.2) is 34.2 Å². The second kappa shape index (κ2) is 6.33. The summed E-state index contributed by atoms with van der Waals surface area (Å²) in [4.78, 5) is 6.08. The highest BCUT2D eigenvalue weighted by Gasteiger charge is 2.18. The van der Waals surface area contributed by atoms with Gasteiger partial charge in [-0.25, -0.2) is 4.39 Å². The van der Waals surface area contributed by atoms with Gasteiger partial charge in [0.1, 0.15) is 5.82 Å². The highest BCUT2D eigenvalue weighted by molar-refractivity contribution is 5.63. The fourth-order valence-corrected chi connectivity index (χ4v) is 2.82. The summed E-state index contributed by atoms with van der Waals surface area (Å²) in [7, 11) is 0. The lowest BCUT2D eigenvalue weighted by molar-refractivity contribution is 0.0663. The number of hydrogen-bond acceptors (Lipinski definition) is 3. The Labute approximate surface area is 124 Å². The molecule has 0 spiro atoms. The van der Waals surface area contributed by atoms with Crippen molar-refractivity contribution in [1.29, 1.82) is 0 Å². The fraction of sp³-hybridized carbons (Fsp3) is 0.353. The Hall–Kier alpha value is -1.78. The molecule has 1 saturated heterocycles. The standard InChI is InChI=1S/C17H19FN2O/c18-17-10-14(13-5-7-19-8-6-13)3-4-15(17)11-20-9-1-2-16(21)12-20/h3-8,10,16,21H,1-2,9,11-12H2. The van der Waals surface area contributed by atoms with Gasteiger partial charge in [0.15, 0.2) is 0 Å².